The van der Waals surface area contributed by atoms with Crippen LogP contribution in [0.1, 0.15) is 12.4 Å². The predicted octanol–water partition coefficient (Wildman–Crippen LogP) is 6.04. The number of aromatic nitrogens is 3. The second-order valence-electron chi connectivity index (χ2n) is 8.03. The Kier molecular flexibility index (Phi) is 9.81. The molecule has 3 N–H and O–H groups in total. The number of rotatable bonds is 7. The van der Waals surface area contributed by atoms with Gasteiger partial charge in [0.05, 0.1) is 32.6 Å². The number of nitro benzene ring substituents is 1. The lowest BCUT2D eigenvalue weighted by molar-refractivity contribution is -0.383. The fourth-order valence-electron chi connectivity index (χ4n) is 3.25. The van der Waals surface area contributed by atoms with Gasteiger partial charge in [-0.15, -0.1) is 5.10 Å². The minimum atomic E-state index is -3.65. The number of nitrogens with one attached hydrogen (secondary N) is 1. The molecule has 0 radical (unpaired) electrons. The van der Waals surface area contributed by atoms with Crippen LogP contribution in [0.3, 0.4) is 0 Å². The summed E-state index contributed by atoms with van der Waals surface area (Å²) in [4.78, 5) is 22.1. The molecule has 0 saturated carbocycles. The zero-order valence-electron chi connectivity index (χ0n) is 20.9. The molecular weight excluding hydrogens is 633 g/mol. The van der Waals surface area contributed by atoms with Crippen LogP contribution >= 0.6 is 34.8 Å². The van der Waals surface area contributed by atoms with Gasteiger partial charge in [-0.2, -0.15) is 13.5 Å². The van der Waals surface area contributed by atoms with Gasteiger partial charge in [0.15, 0.2) is 0 Å². The number of alkyl halides is 2. The Labute approximate surface area is 246 Å². The van der Waals surface area contributed by atoms with Gasteiger partial charge in [-0.1, -0.05) is 53.0 Å². The van der Waals surface area contributed by atoms with E-state index in [1.807, 2.05) is 6.07 Å². The molecule has 0 bridgehead atoms. The molecule has 0 unspecified atom stereocenters. The zero-order chi connectivity index (χ0) is 30.6. The lowest BCUT2D eigenvalue weighted by Gasteiger charge is -2.10. The lowest BCUT2D eigenvalue weighted by Crippen LogP contribution is -2.25. The molecule has 0 fully saturated rings. The summed E-state index contributed by atoms with van der Waals surface area (Å²) in [6.07, 6.45) is 0.902. The van der Waals surface area contributed by atoms with Gasteiger partial charge >= 0.3 is 12.2 Å². The molecule has 4 rings (SSSR count). The molecule has 0 amide bonds. The normalized spacial score (nSPS) is 11.1. The van der Waals surface area contributed by atoms with E-state index in [9.17, 15) is 32.1 Å². The third-order valence-corrected chi connectivity index (χ3v) is 6.62. The molecule has 0 spiro atoms. The summed E-state index contributed by atoms with van der Waals surface area (Å²) in [5.74, 6) is 0.632. The SMILES string of the molecule is Cc1nn(-c2cc(NS(C)(=O)=O)c(Cl)cc2Cl)c(=O)n1C(F)F.Nc1c([N+](=O)[O-])ccc(Oc2ccccc2)c1Cl. The number of benzene rings is 3. The van der Waals surface area contributed by atoms with Crippen molar-refractivity contribution in [2.24, 2.45) is 0 Å². The van der Waals surface area contributed by atoms with E-state index in [0.29, 0.717) is 10.4 Å². The summed E-state index contributed by atoms with van der Waals surface area (Å²) in [5, 5.41) is 14.3. The fraction of sp³-hybridized carbons (Fsp3) is 0.130. The van der Waals surface area contributed by atoms with Gasteiger partial charge in [-0.3, -0.25) is 14.8 Å². The van der Waals surface area contributed by atoms with E-state index >= 15 is 0 Å². The van der Waals surface area contributed by atoms with E-state index in [4.69, 9.17) is 45.3 Å². The van der Waals surface area contributed by atoms with Gasteiger partial charge in [0, 0.05) is 6.07 Å². The Morgan fingerprint density at radius 3 is 2.27 bits per heavy atom. The number of aryl methyl sites for hydroxylation is 1. The van der Waals surface area contributed by atoms with Crippen LogP contribution in [0.5, 0.6) is 11.5 Å². The number of para-hydroxylation sites is 1. The van der Waals surface area contributed by atoms with Gasteiger partial charge < -0.3 is 10.5 Å². The maximum absolute atomic E-state index is 12.8. The number of nitrogens with two attached hydrogens (primary N) is 1. The van der Waals surface area contributed by atoms with Crippen LogP contribution in [0.4, 0.5) is 25.8 Å². The molecule has 0 aliphatic heterocycles. The first-order chi connectivity index (χ1) is 19.1. The highest BCUT2D eigenvalue weighted by Crippen LogP contribution is 2.39. The third-order valence-electron chi connectivity index (χ3n) is 5.02. The molecule has 18 heteroatoms. The first-order valence-electron chi connectivity index (χ1n) is 11.0. The molecule has 4 aromatic rings. The number of ether oxygens (including phenoxy) is 1. The Bertz CT molecular complexity index is 1770. The average Bonchev–Trinajstić information content (AvgIpc) is 3.17. The smallest absolute Gasteiger partial charge is 0.355 e. The minimum absolute atomic E-state index is 0.0257. The van der Waals surface area contributed by atoms with Gasteiger partial charge in [0.1, 0.15) is 28.0 Å². The summed E-state index contributed by atoms with van der Waals surface area (Å²) in [6.45, 7) is -1.85. The molecule has 1 aromatic heterocycles. The minimum Gasteiger partial charge on any atom is -0.456 e. The second-order valence-corrected chi connectivity index (χ2v) is 11.0. The van der Waals surface area contributed by atoms with E-state index in [-0.39, 0.29) is 54.0 Å². The van der Waals surface area contributed by atoms with E-state index in [1.54, 1.807) is 24.3 Å². The maximum atomic E-state index is 12.8. The third kappa shape index (κ3) is 7.64. The molecule has 218 valence electrons. The Morgan fingerprint density at radius 1 is 1.10 bits per heavy atom. The van der Waals surface area contributed by atoms with Crippen molar-refractivity contribution < 1.29 is 26.9 Å². The highest BCUT2D eigenvalue weighted by atomic mass is 35.5. The molecular formula is C23H19Cl3F2N6O6S. The number of sulfonamides is 1. The molecule has 12 nitrogen and oxygen atoms in total. The number of hydrogen-bond donors (Lipinski definition) is 2. The van der Waals surface area contributed by atoms with Gasteiger partial charge in [-0.05, 0) is 37.3 Å². The zero-order valence-corrected chi connectivity index (χ0v) is 24.0. The number of anilines is 2. The molecule has 0 aliphatic rings. The van der Waals surface area contributed by atoms with Crippen molar-refractivity contribution in [1.29, 1.82) is 0 Å². The Balaban J connectivity index is 0.000000232. The first kappa shape index (κ1) is 31.6. The van der Waals surface area contributed by atoms with Gasteiger partial charge in [0.2, 0.25) is 10.0 Å². The van der Waals surface area contributed by atoms with Crippen LogP contribution in [0.2, 0.25) is 15.1 Å². The molecule has 3 aromatic carbocycles. The molecule has 0 saturated heterocycles. The van der Waals surface area contributed by atoms with Crippen molar-refractivity contribution in [1.82, 2.24) is 14.3 Å². The average molecular weight is 652 g/mol. The van der Waals surface area contributed by atoms with Crippen LogP contribution in [0.15, 0.2) is 59.4 Å². The predicted molar refractivity (Wildman–Crippen MR) is 151 cm³/mol. The molecule has 1 heterocycles. The number of nitro groups is 1. The van der Waals surface area contributed by atoms with E-state index < -0.39 is 27.2 Å². The second kappa shape index (κ2) is 12.7. The van der Waals surface area contributed by atoms with Crippen molar-refractivity contribution in [2.45, 2.75) is 13.5 Å². The highest BCUT2D eigenvalue weighted by molar-refractivity contribution is 7.92. The van der Waals surface area contributed by atoms with Crippen LogP contribution in [-0.4, -0.2) is 33.9 Å². The van der Waals surface area contributed by atoms with Gasteiger partial charge in [-0.25, -0.2) is 17.8 Å². The molecule has 0 atom stereocenters. The number of halogens is 5. The Morgan fingerprint density at radius 2 is 1.73 bits per heavy atom. The first-order valence-corrected chi connectivity index (χ1v) is 14.0. The van der Waals surface area contributed by atoms with Crippen LogP contribution in [0, 0.1) is 17.0 Å². The summed E-state index contributed by atoms with van der Waals surface area (Å²) < 4.78 is 56.8. The van der Waals surface area contributed by atoms with E-state index in [0.717, 1.165) is 12.3 Å². The lowest BCUT2D eigenvalue weighted by atomic mass is 10.2. The van der Waals surface area contributed by atoms with E-state index in [1.165, 1.54) is 25.1 Å². The maximum Gasteiger partial charge on any atom is 0.355 e. The summed E-state index contributed by atoms with van der Waals surface area (Å²) >= 11 is 17.8. The van der Waals surface area contributed by atoms with Gasteiger partial charge in [0.25, 0.3) is 5.69 Å². The Hall–Kier alpha value is -3.92. The summed E-state index contributed by atoms with van der Waals surface area (Å²) in [6, 6.07) is 13.9. The largest absolute Gasteiger partial charge is 0.456 e. The van der Waals surface area contributed by atoms with Crippen molar-refractivity contribution in [3.63, 3.8) is 0 Å². The van der Waals surface area contributed by atoms with Crippen molar-refractivity contribution in [2.75, 3.05) is 16.7 Å². The highest BCUT2D eigenvalue weighted by Gasteiger charge is 2.21. The van der Waals surface area contributed by atoms with E-state index in [2.05, 4.69) is 9.82 Å². The standard InChI is InChI=1S/C12H9ClN2O3.C11H10Cl2F2N4O3S/c13-11-10(18-8-4-2-1-3-5-8)7-6-9(12(11)14)15(16)17;1-5-16-19(11(20)18(5)10(14)15)9-4-8(17-23(2,21)22)6(12)3-7(9)13/h1-7H,14H2;3-4,10,17H,1-2H3. The topological polar surface area (TPSA) is 164 Å². The number of hydrogen-bond acceptors (Lipinski definition) is 8. The fourth-order valence-corrected chi connectivity index (χ4v) is 4.59. The quantitative estimate of drug-likeness (QED) is 0.139. The molecule has 41 heavy (non-hydrogen) atoms. The number of nitrogen functional groups attached to an aromatic ring is 1. The van der Waals surface area contributed by atoms with Crippen LogP contribution in [-0.2, 0) is 10.0 Å². The number of nitrogens with zero attached hydrogens (tertiary/aromatic N) is 4. The van der Waals surface area contributed by atoms with Crippen LogP contribution in [0.25, 0.3) is 5.69 Å². The van der Waals surface area contributed by atoms with Crippen molar-refractivity contribution in [3.8, 4) is 17.2 Å². The van der Waals surface area contributed by atoms with Crippen LogP contribution < -0.4 is 20.9 Å². The summed E-state index contributed by atoms with van der Waals surface area (Å²) in [5.41, 5.74) is 3.98. The monoisotopic (exact) mass is 650 g/mol. The van der Waals surface area contributed by atoms with Crippen molar-refractivity contribution in [3.05, 3.63) is 96.1 Å². The summed E-state index contributed by atoms with van der Waals surface area (Å²) in [7, 11) is -3.65. The molecule has 0 aliphatic carbocycles. The van der Waals surface area contributed by atoms with Crippen molar-refractivity contribution >= 4 is 61.9 Å².